The zero-order valence-corrected chi connectivity index (χ0v) is 24.7. The second kappa shape index (κ2) is 13.0. The Bertz CT molecular complexity index is 1580. The monoisotopic (exact) mass is 561 g/mol. The Morgan fingerprint density at radius 3 is 2.33 bits per heavy atom. The van der Waals surface area contributed by atoms with Crippen LogP contribution in [0.15, 0.2) is 91.0 Å². The highest BCUT2D eigenvalue weighted by molar-refractivity contribution is 6.25. The van der Waals surface area contributed by atoms with Crippen LogP contribution in [0.4, 0.5) is 5.69 Å². The Labute approximate surface area is 248 Å². The lowest BCUT2D eigenvalue weighted by Crippen LogP contribution is -2.51. The molecule has 0 saturated heterocycles. The predicted octanol–water partition coefficient (Wildman–Crippen LogP) is 6.30. The van der Waals surface area contributed by atoms with Crippen LogP contribution in [-0.4, -0.2) is 41.8 Å². The molecule has 0 aromatic heterocycles. The van der Waals surface area contributed by atoms with Crippen LogP contribution in [0.3, 0.4) is 0 Å². The van der Waals surface area contributed by atoms with Gasteiger partial charge in [0.25, 0.3) is 5.91 Å². The number of benzene rings is 4. The smallest absolute Gasteiger partial charge is 0.258 e. The number of anilines is 1. The Hall–Kier alpha value is -4.45. The number of hydrogen-bond donors (Lipinski definition) is 1. The van der Waals surface area contributed by atoms with Crippen molar-refractivity contribution in [2.24, 2.45) is 5.92 Å². The van der Waals surface area contributed by atoms with Crippen LogP contribution in [0.2, 0.25) is 0 Å². The van der Waals surface area contributed by atoms with Crippen molar-refractivity contribution in [3.8, 4) is 0 Å². The van der Waals surface area contributed by atoms with Crippen LogP contribution in [-0.2, 0) is 22.6 Å². The van der Waals surface area contributed by atoms with Crippen LogP contribution in [0.25, 0.3) is 10.8 Å². The summed E-state index contributed by atoms with van der Waals surface area (Å²) in [6.45, 7) is 7.45. The maximum atomic E-state index is 14.0. The first kappa shape index (κ1) is 29.1. The molecule has 3 amide bonds. The van der Waals surface area contributed by atoms with Gasteiger partial charge in [-0.25, -0.2) is 0 Å². The van der Waals surface area contributed by atoms with E-state index < -0.39 is 6.04 Å². The van der Waals surface area contributed by atoms with Crippen molar-refractivity contribution in [3.05, 3.63) is 113 Å². The summed E-state index contributed by atoms with van der Waals surface area (Å²) < 4.78 is 0. The van der Waals surface area contributed by atoms with Gasteiger partial charge in [-0.2, -0.15) is 0 Å². The van der Waals surface area contributed by atoms with Crippen molar-refractivity contribution in [2.45, 2.75) is 52.6 Å². The molecule has 42 heavy (non-hydrogen) atoms. The fraction of sp³-hybridized carbons (Fsp3) is 0.306. The van der Waals surface area contributed by atoms with Crippen molar-refractivity contribution in [1.82, 2.24) is 10.2 Å². The van der Waals surface area contributed by atoms with E-state index in [1.807, 2.05) is 97.9 Å². The lowest BCUT2D eigenvalue weighted by molar-refractivity contribution is -0.141. The molecule has 1 aliphatic heterocycles. The number of carbonyl (C=O) groups excluding carboxylic acids is 3. The minimum absolute atomic E-state index is 0.0268. The van der Waals surface area contributed by atoms with E-state index in [9.17, 15) is 14.4 Å². The minimum Gasteiger partial charge on any atom is -0.354 e. The number of nitrogens with one attached hydrogen (secondary N) is 1. The molecule has 4 aromatic carbocycles. The van der Waals surface area contributed by atoms with E-state index in [-0.39, 0.29) is 24.1 Å². The lowest BCUT2D eigenvalue weighted by atomic mass is 10.0. The van der Waals surface area contributed by atoms with E-state index >= 15 is 0 Å². The number of amides is 3. The number of rotatable bonds is 12. The topological polar surface area (TPSA) is 69.7 Å². The third kappa shape index (κ3) is 6.38. The first-order valence-corrected chi connectivity index (χ1v) is 14.8. The van der Waals surface area contributed by atoms with Crippen LogP contribution in [0, 0.1) is 12.8 Å². The molecule has 1 heterocycles. The Morgan fingerprint density at radius 2 is 1.60 bits per heavy atom. The van der Waals surface area contributed by atoms with Gasteiger partial charge < -0.3 is 15.1 Å². The van der Waals surface area contributed by atoms with Crippen molar-refractivity contribution >= 4 is 34.2 Å². The molecule has 0 spiro atoms. The first-order valence-electron chi connectivity index (χ1n) is 14.8. The Kier molecular flexibility index (Phi) is 9.01. The average molecular weight is 562 g/mol. The third-order valence-corrected chi connectivity index (χ3v) is 7.98. The summed E-state index contributed by atoms with van der Waals surface area (Å²) in [6, 6.07) is 28.9. The summed E-state index contributed by atoms with van der Waals surface area (Å²) in [5.74, 6) is 0.0204. The fourth-order valence-corrected chi connectivity index (χ4v) is 5.68. The largest absolute Gasteiger partial charge is 0.354 e. The number of hydrogen-bond acceptors (Lipinski definition) is 3. The van der Waals surface area contributed by atoms with Gasteiger partial charge in [0.1, 0.15) is 6.04 Å². The standard InChI is InChI=1S/C36H39N3O3/c1-25(2)23-37-35(41)32(22-27-13-5-4-6-14-27)39(24-29-15-8-7-12-26(29)3)33(40)20-11-21-38-31-19-10-17-28-16-9-18-30(34(28)31)36(38)42/h4-10,12-19,25,32H,11,20-24H2,1-3H3,(H,37,41)/t32-/m0/s1. The maximum absolute atomic E-state index is 14.0. The van der Waals surface area contributed by atoms with Gasteiger partial charge in [-0.1, -0.05) is 92.7 Å². The molecule has 216 valence electrons. The van der Waals surface area contributed by atoms with E-state index in [1.54, 1.807) is 9.80 Å². The van der Waals surface area contributed by atoms with Gasteiger partial charge in [0.15, 0.2) is 0 Å². The summed E-state index contributed by atoms with van der Waals surface area (Å²) in [5.41, 5.74) is 4.69. The molecule has 0 bridgehead atoms. The fourth-order valence-electron chi connectivity index (χ4n) is 5.68. The van der Waals surface area contributed by atoms with Crippen molar-refractivity contribution < 1.29 is 14.4 Å². The molecule has 1 N–H and O–H groups in total. The second-order valence-corrected chi connectivity index (χ2v) is 11.5. The molecule has 0 fully saturated rings. The number of nitrogens with zero attached hydrogens (tertiary/aromatic N) is 2. The highest BCUT2D eigenvalue weighted by atomic mass is 16.2. The molecule has 0 unspecified atom stereocenters. The van der Waals surface area contributed by atoms with Crippen LogP contribution >= 0.6 is 0 Å². The van der Waals surface area contributed by atoms with E-state index in [0.717, 1.165) is 33.2 Å². The van der Waals surface area contributed by atoms with Crippen molar-refractivity contribution in [1.29, 1.82) is 0 Å². The van der Waals surface area contributed by atoms with E-state index in [2.05, 4.69) is 19.2 Å². The van der Waals surface area contributed by atoms with Gasteiger partial charge in [0.2, 0.25) is 11.8 Å². The Morgan fingerprint density at radius 1 is 0.881 bits per heavy atom. The maximum Gasteiger partial charge on any atom is 0.258 e. The average Bonchev–Trinajstić information content (AvgIpc) is 3.27. The van der Waals surface area contributed by atoms with Gasteiger partial charge in [-0.15, -0.1) is 0 Å². The summed E-state index contributed by atoms with van der Waals surface area (Å²) >= 11 is 0. The normalized spacial score (nSPS) is 13.0. The van der Waals surface area contributed by atoms with E-state index in [0.29, 0.717) is 44.0 Å². The van der Waals surface area contributed by atoms with Gasteiger partial charge in [-0.3, -0.25) is 14.4 Å². The molecule has 1 aliphatic rings. The summed E-state index contributed by atoms with van der Waals surface area (Å²) in [6.07, 6.45) is 1.14. The molecule has 4 aromatic rings. The molecule has 5 rings (SSSR count). The molecule has 6 heteroatoms. The Balaban J connectivity index is 1.38. The number of carbonyl (C=O) groups is 3. The molecule has 0 radical (unpaired) electrons. The van der Waals surface area contributed by atoms with Crippen LogP contribution in [0.5, 0.6) is 0 Å². The predicted molar refractivity (Wildman–Crippen MR) is 168 cm³/mol. The van der Waals surface area contributed by atoms with Crippen LogP contribution < -0.4 is 10.2 Å². The van der Waals surface area contributed by atoms with Crippen molar-refractivity contribution in [2.75, 3.05) is 18.0 Å². The molecule has 0 saturated carbocycles. The van der Waals surface area contributed by atoms with Gasteiger partial charge in [0.05, 0.1) is 5.69 Å². The molecule has 1 atom stereocenters. The first-order chi connectivity index (χ1) is 20.3. The quantitative estimate of drug-likeness (QED) is 0.221. The second-order valence-electron chi connectivity index (χ2n) is 11.5. The summed E-state index contributed by atoms with van der Waals surface area (Å²) in [7, 11) is 0. The summed E-state index contributed by atoms with van der Waals surface area (Å²) in [5, 5.41) is 5.09. The van der Waals surface area contributed by atoms with Gasteiger partial charge >= 0.3 is 0 Å². The zero-order valence-electron chi connectivity index (χ0n) is 24.7. The van der Waals surface area contributed by atoms with Gasteiger partial charge in [0, 0.05) is 43.4 Å². The number of aryl methyl sites for hydroxylation is 1. The zero-order chi connectivity index (χ0) is 29.6. The third-order valence-electron chi connectivity index (χ3n) is 7.98. The minimum atomic E-state index is -0.662. The molecular weight excluding hydrogens is 522 g/mol. The lowest BCUT2D eigenvalue weighted by Gasteiger charge is -2.32. The molecular formula is C36H39N3O3. The summed E-state index contributed by atoms with van der Waals surface area (Å²) in [4.78, 5) is 44.5. The molecule has 0 aliphatic carbocycles. The molecule has 6 nitrogen and oxygen atoms in total. The highest BCUT2D eigenvalue weighted by Gasteiger charge is 2.32. The van der Waals surface area contributed by atoms with Crippen molar-refractivity contribution in [3.63, 3.8) is 0 Å². The van der Waals surface area contributed by atoms with E-state index in [4.69, 9.17) is 0 Å². The SMILES string of the molecule is Cc1ccccc1CN(C(=O)CCCN1C(=O)c2cccc3cccc1c23)[C@@H](Cc1ccccc1)C(=O)NCC(C)C. The van der Waals surface area contributed by atoms with Crippen LogP contribution in [0.1, 0.15) is 53.7 Å². The van der Waals surface area contributed by atoms with E-state index in [1.165, 1.54) is 0 Å². The van der Waals surface area contributed by atoms with Gasteiger partial charge in [-0.05, 0) is 53.5 Å². The highest BCUT2D eigenvalue weighted by Crippen LogP contribution is 2.37.